The topological polar surface area (TPSA) is 91.5 Å². The highest BCUT2D eigenvalue weighted by Crippen LogP contribution is 2.31. The van der Waals surface area contributed by atoms with Crippen LogP contribution < -0.4 is 5.11 Å². The van der Waals surface area contributed by atoms with Crippen molar-refractivity contribution in [3.05, 3.63) is 81.9 Å². The summed E-state index contributed by atoms with van der Waals surface area (Å²) in [7, 11) is 0. The molecule has 0 atom stereocenters. The lowest BCUT2D eigenvalue weighted by atomic mass is 10.2. The van der Waals surface area contributed by atoms with Crippen LogP contribution in [0.2, 0.25) is 0 Å². The minimum Gasteiger partial charge on any atom is -0.872 e. The average molecular weight is 388 g/mol. The minimum absolute atomic E-state index is 0.137. The SMILES string of the molecule is Cc1ccc2sc(-c3ccc(N=Cc4cc([N+](=O)[O-])ccc4[O-])cc3)nc2c1. The predicted octanol–water partition coefficient (Wildman–Crippen LogP) is 5.00. The van der Waals surface area contributed by atoms with E-state index in [1.165, 1.54) is 30.0 Å². The number of non-ortho nitro benzene ring substituents is 1. The number of rotatable bonds is 4. The molecule has 0 saturated heterocycles. The van der Waals surface area contributed by atoms with Crippen LogP contribution in [0, 0.1) is 17.0 Å². The van der Waals surface area contributed by atoms with Crippen LogP contribution in [0.3, 0.4) is 0 Å². The fourth-order valence-corrected chi connectivity index (χ4v) is 3.70. The summed E-state index contributed by atoms with van der Waals surface area (Å²) in [5.41, 5.74) is 3.83. The fourth-order valence-electron chi connectivity index (χ4n) is 2.75. The fraction of sp³-hybridized carbons (Fsp3) is 0.0476. The number of hydrogen-bond donors (Lipinski definition) is 0. The molecule has 7 heteroatoms. The molecule has 0 amide bonds. The Morgan fingerprint density at radius 1 is 1.07 bits per heavy atom. The third-order valence-electron chi connectivity index (χ3n) is 4.21. The molecule has 4 rings (SSSR count). The molecule has 0 fully saturated rings. The number of aromatic nitrogens is 1. The molecule has 0 N–H and O–H groups in total. The van der Waals surface area contributed by atoms with Gasteiger partial charge in [0.2, 0.25) is 0 Å². The summed E-state index contributed by atoms with van der Waals surface area (Å²) in [5.74, 6) is -0.310. The highest BCUT2D eigenvalue weighted by Gasteiger charge is 2.07. The van der Waals surface area contributed by atoms with Gasteiger partial charge in [0.1, 0.15) is 5.01 Å². The molecule has 0 aliphatic heterocycles. The molecular weight excluding hydrogens is 374 g/mol. The minimum atomic E-state index is -0.537. The Labute approximate surface area is 164 Å². The van der Waals surface area contributed by atoms with Crippen molar-refractivity contribution in [1.82, 2.24) is 4.98 Å². The average Bonchev–Trinajstić information content (AvgIpc) is 3.10. The van der Waals surface area contributed by atoms with Gasteiger partial charge in [-0.2, -0.15) is 0 Å². The highest BCUT2D eigenvalue weighted by atomic mass is 32.1. The molecule has 6 nitrogen and oxygen atoms in total. The van der Waals surface area contributed by atoms with Crippen LogP contribution >= 0.6 is 11.3 Å². The zero-order valence-electron chi connectivity index (χ0n) is 14.8. The van der Waals surface area contributed by atoms with Crippen LogP contribution in [0.4, 0.5) is 11.4 Å². The van der Waals surface area contributed by atoms with E-state index in [2.05, 4.69) is 28.2 Å². The largest absolute Gasteiger partial charge is 0.872 e. The molecule has 1 heterocycles. The van der Waals surface area contributed by atoms with Crippen LogP contribution in [-0.4, -0.2) is 16.1 Å². The van der Waals surface area contributed by atoms with Gasteiger partial charge in [0.15, 0.2) is 0 Å². The maximum atomic E-state index is 11.8. The van der Waals surface area contributed by atoms with Crippen LogP contribution in [0.15, 0.2) is 65.7 Å². The highest BCUT2D eigenvalue weighted by molar-refractivity contribution is 7.21. The lowest BCUT2D eigenvalue weighted by molar-refractivity contribution is -0.385. The van der Waals surface area contributed by atoms with Gasteiger partial charge >= 0.3 is 0 Å². The van der Waals surface area contributed by atoms with Gasteiger partial charge in [0, 0.05) is 23.9 Å². The standard InChI is InChI=1S/C21H15N3O3S/c1-13-2-9-20-18(10-13)23-21(28-20)14-3-5-16(6-4-14)22-12-15-11-17(24(26)27)7-8-19(15)25/h2-12,25H,1H3/p-1. The number of fused-ring (bicyclic) bond motifs is 1. The third-order valence-corrected chi connectivity index (χ3v) is 5.30. The predicted molar refractivity (Wildman–Crippen MR) is 110 cm³/mol. The Hall–Kier alpha value is -3.58. The first-order valence-corrected chi connectivity index (χ1v) is 9.28. The summed E-state index contributed by atoms with van der Waals surface area (Å²) in [6.45, 7) is 2.04. The van der Waals surface area contributed by atoms with Gasteiger partial charge in [0.25, 0.3) is 5.69 Å². The monoisotopic (exact) mass is 388 g/mol. The third kappa shape index (κ3) is 3.60. The van der Waals surface area contributed by atoms with E-state index in [1.54, 1.807) is 11.3 Å². The first-order valence-electron chi connectivity index (χ1n) is 8.47. The number of hydrogen-bond acceptors (Lipinski definition) is 6. The Morgan fingerprint density at radius 3 is 2.61 bits per heavy atom. The first kappa shape index (κ1) is 17.8. The van der Waals surface area contributed by atoms with Crippen molar-refractivity contribution in [3.8, 4) is 16.3 Å². The summed E-state index contributed by atoms with van der Waals surface area (Å²) in [5, 5.41) is 23.6. The second-order valence-electron chi connectivity index (χ2n) is 6.27. The van der Waals surface area contributed by atoms with E-state index in [0.29, 0.717) is 5.69 Å². The van der Waals surface area contributed by atoms with Gasteiger partial charge < -0.3 is 5.11 Å². The molecule has 0 saturated carbocycles. The Kier molecular flexibility index (Phi) is 4.58. The van der Waals surface area contributed by atoms with E-state index < -0.39 is 4.92 Å². The Morgan fingerprint density at radius 2 is 1.86 bits per heavy atom. The first-order chi connectivity index (χ1) is 13.5. The molecule has 3 aromatic carbocycles. The number of nitro groups is 1. The lowest BCUT2D eigenvalue weighted by Crippen LogP contribution is -1.98. The van der Waals surface area contributed by atoms with E-state index in [9.17, 15) is 15.2 Å². The van der Waals surface area contributed by atoms with Crippen molar-refractivity contribution in [1.29, 1.82) is 0 Å². The van der Waals surface area contributed by atoms with Crippen molar-refractivity contribution in [3.63, 3.8) is 0 Å². The molecule has 4 aromatic rings. The number of nitro benzene ring substituents is 1. The second-order valence-corrected chi connectivity index (χ2v) is 7.31. The van der Waals surface area contributed by atoms with Crippen LogP contribution in [0.25, 0.3) is 20.8 Å². The summed E-state index contributed by atoms with van der Waals surface area (Å²) < 4.78 is 1.14. The van der Waals surface area contributed by atoms with E-state index in [4.69, 9.17) is 0 Å². The van der Waals surface area contributed by atoms with Gasteiger partial charge in [0.05, 0.1) is 20.8 Å². The number of benzene rings is 3. The van der Waals surface area contributed by atoms with Gasteiger partial charge in [-0.3, -0.25) is 15.1 Å². The van der Waals surface area contributed by atoms with Crippen LogP contribution in [-0.2, 0) is 0 Å². The van der Waals surface area contributed by atoms with Crippen molar-refractivity contribution in [2.45, 2.75) is 6.92 Å². The van der Waals surface area contributed by atoms with Crippen molar-refractivity contribution >= 4 is 39.1 Å². The summed E-state index contributed by atoms with van der Waals surface area (Å²) >= 11 is 1.63. The molecule has 138 valence electrons. The second kappa shape index (κ2) is 7.21. The summed E-state index contributed by atoms with van der Waals surface area (Å²) in [6.07, 6.45) is 1.35. The van der Waals surface area contributed by atoms with Gasteiger partial charge in [-0.05, 0) is 54.4 Å². The van der Waals surface area contributed by atoms with E-state index in [-0.39, 0.29) is 17.0 Å². The molecule has 0 aliphatic carbocycles. The van der Waals surface area contributed by atoms with Crippen LogP contribution in [0.5, 0.6) is 5.75 Å². The van der Waals surface area contributed by atoms with E-state index in [0.717, 1.165) is 20.8 Å². The molecule has 0 bridgehead atoms. The molecule has 28 heavy (non-hydrogen) atoms. The lowest BCUT2D eigenvalue weighted by Gasteiger charge is -2.08. The maximum absolute atomic E-state index is 11.8. The quantitative estimate of drug-likeness (QED) is 0.279. The van der Waals surface area contributed by atoms with Gasteiger partial charge in [-0.1, -0.05) is 17.9 Å². The van der Waals surface area contributed by atoms with Gasteiger partial charge in [-0.15, -0.1) is 11.3 Å². The molecule has 0 unspecified atom stereocenters. The van der Waals surface area contributed by atoms with Crippen molar-refractivity contribution < 1.29 is 10.0 Å². The number of aliphatic imine (C=N–C) groups is 1. The molecule has 0 spiro atoms. The van der Waals surface area contributed by atoms with Crippen molar-refractivity contribution in [2.24, 2.45) is 4.99 Å². The van der Waals surface area contributed by atoms with E-state index >= 15 is 0 Å². The Bertz CT molecular complexity index is 1210. The smallest absolute Gasteiger partial charge is 0.270 e. The zero-order chi connectivity index (χ0) is 19.7. The number of nitrogens with zero attached hydrogens (tertiary/aromatic N) is 3. The Balaban J connectivity index is 1.58. The maximum Gasteiger partial charge on any atom is 0.270 e. The zero-order valence-corrected chi connectivity index (χ0v) is 15.6. The number of thiazole rings is 1. The van der Waals surface area contributed by atoms with Gasteiger partial charge in [-0.25, -0.2) is 4.98 Å². The van der Waals surface area contributed by atoms with E-state index in [1.807, 2.05) is 31.2 Å². The molecule has 0 aliphatic rings. The summed E-state index contributed by atoms with van der Waals surface area (Å²) in [6, 6.07) is 17.3. The molecular formula is C21H14N3O3S-. The van der Waals surface area contributed by atoms with Crippen molar-refractivity contribution in [2.75, 3.05) is 0 Å². The normalized spacial score (nSPS) is 11.3. The molecule has 0 radical (unpaired) electrons. The van der Waals surface area contributed by atoms with Crippen LogP contribution in [0.1, 0.15) is 11.1 Å². The number of aryl methyl sites for hydroxylation is 1. The molecule has 1 aromatic heterocycles. The summed E-state index contributed by atoms with van der Waals surface area (Å²) in [4.78, 5) is 19.3.